The van der Waals surface area contributed by atoms with Crippen molar-refractivity contribution in [3.05, 3.63) is 33.9 Å². The monoisotopic (exact) mass is 239 g/mol. The van der Waals surface area contributed by atoms with Crippen LogP contribution in [0.5, 0.6) is 5.75 Å². The standard InChI is InChI=1S/C11H13NO5/c1-7-5-4-6-9(10(7)12(14)15)17-8(2)11(13)16-3/h4-6,8H,1-3H3/t8-/m0/s1. The van der Waals surface area contributed by atoms with Gasteiger partial charge in [0.2, 0.25) is 0 Å². The van der Waals surface area contributed by atoms with Crippen molar-refractivity contribution in [2.75, 3.05) is 7.11 Å². The molecule has 1 atom stereocenters. The van der Waals surface area contributed by atoms with Crippen LogP contribution in [-0.2, 0) is 9.53 Å². The molecule has 0 aliphatic heterocycles. The minimum Gasteiger partial charge on any atom is -0.472 e. The summed E-state index contributed by atoms with van der Waals surface area (Å²) in [6.45, 7) is 3.08. The van der Waals surface area contributed by atoms with Crippen LogP contribution in [0, 0.1) is 17.0 Å². The molecule has 0 unspecified atom stereocenters. The molecule has 0 heterocycles. The summed E-state index contributed by atoms with van der Waals surface area (Å²) in [5.41, 5.74) is 0.341. The summed E-state index contributed by atoms with van der Waals surface area (Å²) in [7, 11) is 1.23. The van der Waals surface area contributed by atoms with Crippen molar-refractivity contribution in [1.82, 2.24) is 0 Å². The Labute approximate surface area is 98.3 Å². The first kappa shape index (κ1) is 13.0. The van der Waals surface area contributed by atoms with Crippen LogP contribution in [0.4, 0.5) is 5.69 Å². The van der Waals surface area contributed by atoms with Crippen molar-refractivity contribution < 1.29 is 19.2 Å². The lowest BCUT2D eigenvalue weighted by molar-refractivity contribution is -0.386. The van der Waals surface area contributed by atoms with Gasteiger partial charge < -0.3 is 9.47 Å². The van der Waals surface area contributed by atoms with E-state index in [1.807, 2.05) is 0 Å². The largest absolute Gasteiger partial charge is 0.472 e. The third-order valence-corrected chi connectivity index (χ3v) is 2.22. The molecule has 6 heteroatoms. The smallest absolute Gasteiger partial charge is 0.346 e. The Morgan fingerprint density at radius 1 is 1.47 bits per heavy atom. The zero-order valence-corrected chi connectivity index (χ0v) is 9.80. The second kappa shape index (κ2) is 5.29. The maximum atomic E-state index is 11.2. The molecular formula is C11H13NO5. The number of para-hydroxylation sites is 1. The highest BCUT2D eigenvalue weighted by Crippen LogP contribution is 2.30. The number of rotatable bonds is 4. The number of carbonyl (C=O) groups excluding carboxylic acids is 1. The Kier molecular flexibility index (Phi) is 4.03. The molecule has 0 saturated carbocycles. The predicted molar refractivity (Wildman–Crippen MR) is 59.9 cm³/mol. The Hall–Kier alpha value is -2.11. The van der Waals surface area contributed by atoms with Crippen LogP contribution < -0.4 is 4.74 Å². The van der Waals surface area contributed by atoms with Crippen LogP contribution >= 0.6 is 0 Å². The molecule has 1 rings (SSSR count). The van der Waals surface area contributed by atoms with E-state index in [1.165, 1.54) is 20.1 Å². The number of hydrogen-bond donors (Lipinski definition) is 0. The van der Waals surface area contributed by atoms with Crippen LogP contribution in [0.1, 0.15) is 12.5 Å². The summed E-state index contributed by atoms with van der Waals surface area (Å²) in [4.78, 5) is 21.5. The zero-order valence-electron chi connectivity index (χ0n) is 9.80. The predicted octanol–water partition coefficient (Wildman–Crippen LogP) is 1.84. The van der Waals surface area contributed by atoms with E-state index in [-0.39, 0.29) is 11.4 Å². The average Bonchev–Trinajstić information content (AvgIpc) is 2.27. The third-order valence-electron chi connectivity index (χ3n) is 2.22. The molecule has 0 aliphatic rings. The van der Waals surface area contributed by atoms with Gasteiger partial charge in [0.15, 0.2) is 11.9 Å². The molecule has 0 amide bonds. The highest BCUT2D eigenvalue weighted by molar-refractivity contribution is 5.74. The minimum atomic E-state index is -0.888. The number of methoxy groups -OCH3 is 1. The molecule has 0 N–H and O–H groups in total. The lowest BCUT2D eigenvalue weighted by atomic mass is 10.2. The van der Waals surface area contributed by atoms with Crippen molar-refractivity contribution in [3.63, 3.8) is 0 Å². The molecule has 6 nitrogen and oxygen atoms in total. The lowest BCUT2D eigenvalue weighted by Gasteiger charge is -2.12. The van der Waals surface area contributed by atoms with E-state index in [1.54, 1.807) is 19.1 Å². The maximum Gasteiger partial charge on any atom is 0.346 e. The van der Waals surface area contributed by atoms with E-state index in [2.05, 4.69) is 4.74 Å². The molecule has 1 aromatic rings. The number of hydrogen-bond acceptors (Lipinski definition) is 5. The Morgan fingerprint density at radius 3 is 2.65 bits per heavy atom. The van der Waals surface area contributed by atoms with Crippen LogP contribution in [0.2, 0.25) is 0 Å². The third kappa shape index (κ3) is 2.93. The highest BCUT2D eigenvalue weighted by Gasteiger charge is 2.23. The molecule has 0 saturated heterocycles. The molecule has 17 heavy (non-hydrogen) atoms. The second-order valence-electron chi connectivity index (χ2n) is 3.46. The summed E-state index contributed by atoms with van der Waals surface area (Å²) in [6, 6.07) is 4.68. The Bertz CT molecular complexity index is 443. The molecule has 0 radical (unpaired) electrons. The summed E-state index contributed by atoms with van der Waals surface area (Å²) in [5, 5.41) is 10.9. The highest BCUT2D eigenvalue weighted by atomic mass is 16.6. The minimum absolute atomic E-state index is 0.0629. The number of ether oxygens (including phenoxy) is 2. The average molecular weight is 239 g/mol. The van der Waals surface area contributed by atoms with Gasteiger partial charge in [0.05, 0.1) is 12.0 Å². The van der Waals surface area contributed by atoms with Crippen LogP contribution in [-0.4, -0.2) is 24.1 Å². The fourth-order valence-electron chi connectivity index (χ4n) is 1.37. The first-order valence-corrected chi connectivity index (χ1v) is 4.96. The van der Waals surface area contributed by atoms with Gasteiger partial charge in [-0.05, 0) is 19.9 Å². The van der Waals surface area contributed by atoms with Crippen LogP contribution in [0.3, 0.4) is 0 Å². The molecule has 0 aliphatic carbocycles. The second-order valence-corrected chi connectivity index (χ2v) is 3.46. The summed E-state index contributed by atoms with van der Waals surface area (Å²) in [6.07, 6.45) is -0.888. The number of esters is 1. The first-order valence-electron chi connectivity index (χ1n) is 4.96. The van der Waals surface area contributed by atoms with Gasteiger partial charge >= 0.3 is 11.7 Å². The van der Waals surface area contributed by atoms with Crippen molar-refractivity contribution in [2.24, 2.45) is 0 Å². The number of carbonyl (C=O) groups is 1. The van der Waals surface area contributed by atoms with Crippen molar-refractivity contribution >= 4 is 11.7 Å². The number of nitro benzene ring substituents is 1. The van der Waals surface area contributed by atoms with Gasteiger partial charge in [-0.3, -0.25) is 10.1 Å². The molecule has 1 aromatic carbocycles. The van der Waals surface area contributed by atoms with Gasteiger partial charge in [-0.25, -0.2) is 4.79 Å². The van der Waals surface area contributed by atoms with Gasteiger partial charge in [-0.2, -0.15) is 0 Å². The summed E-state index contributed by atoms with van der Waals surface area (Å²) < 4.78 is 9.71. The van der Waals surface area contributed by atoms with E-state index in [0.717, 1.165) is 0 Å². The van der Waals surface area contributed by atoms with Gasteiger partial charge in [-0.1, -0.05) is 12.1 Å². The van der Waals surface area contributed by atoms with Gasteiger partial charge in [0, 0.05) is 5.56 Å². The molecule has 0 spiro atoms. The molecule has 0 bridgehead atoms. The Balaban J connectivity index is 3.02. The van der Waals surface area contributed by atoms with Crippen LogP contribution in [0.15, 0.2) is 18.2 Å². The van der Waals surface area contributed by atoms with Crippen molar-refractivity contribution in [2.45, 2.75) is 20.0 Å². The van der Waals surface area contributed by atoms with E-state index in [9.17, 15) is 14.9 Å². The number of nitrogens with zero attached hydrogens (tertiary/aromatic N) is 1. The lowest BCUT2D eigenvalue weighted by Crippen LogP contribution is -2.25. The molecular weight excluding hydrogens is 226 g/mol. The van der Waals surface area contributed by atoms with E-state index in [0.29, 0.717) is 5.56 Å². The van der Waals surface area contributed by atoms with Crippen molar-refractivity contribution in [3.8, 4) is 5.75 Å². The summed E-state index contributed by atoms with van der Waals surface area (Å²) in [5.74, 6) is -0.520. The number of nitro groups is 1. The van der Waals surface area contributed by atoms with Crippen molar-refractivity contribution in [1.29, 1.82) is 0 Å². The molecule has 0 fully saturated rings. The topological polar surface area (TPSA) is 78.7 Å². The first-order chi connectivity index (χ1) is 7.97. The van der Waals surface area contributed by atoms with E-state index in [4.69, 9.17) is 4.74 Å². The zero-order chi connectivity index (χ0) is 13.0. The van der Waals surface area contributed by atoms with Crippen LogP contribution in [0.25, 0.3) is 0 Å². The maximum absolute atomic E-state index is 11.2. The normalized spacial score (nSPS) is 11.7. The quantitative estimate of drug-likeness (QED) is 0.455. The van der Waals surface area contributed by atoms with Gasteiger partial charge in [0.1, 0.15) is 0 Å². The Morgan fingerprint density at radius 2 is 2.12 bits per heavy atom. The van der Waals surface area contributed by atoms with E-state index >= 15 is 0 Å². The number of aryl methyl sites for hydroxylation is 1. The fraction of sp³-hybridized carbons (Fsp3) is 0.364. The van der Waals surface area contributed by atoms with Gasteiger partial charge in [-0.15, -0.1) is 0 Å². The van der Waals surface area contributed by atoms with Gasteiger partial charge in [0.25, 0.3) is 0 Å². The van der Waals surface area contributed by atoms with E-state index < -0.39 is 17.0 Å². The molecule has 92 valence electrons. The SMILES string of the molecule is COC(=O)[C@H](C)Oc1cccc(C)c1[N+](=O)[O-]. The number of benzene rings is 1. The molecule has 0 aromatic heterocycles. The fourth-order valence-corrected chi connectivity index (χ4v) is 1.37. The summed E-state index contributed by atoms with van der Waals surface area (Å²) >= 11 is 0.